The van der Waals surface area contributed by atoms with E-state index < -0.39 is 0 Å². The summed E-state index contributed by atoms with van der Waals surface area (Å²) in [6, 6.07) is 5.84. The summed E-state index contributed by atoms with van der Waals surface area (Å²) in [6.07, 6.45) is 7.32. The third kappa shape index (κ3) is 3.84. The van der Waals surface area contributed by atoms with Gasteiger partial charge in [0.1, 0.15) is 5.82 Å². The van der Waals surface area contributed by atoms with E-state index >= 15 is 0 Å². The van der Waals surface area contributed by atoms with Crippen LogP contribution in [0.1, 0.15) is 31.2 Å². The molecule has 5 heteroatoms. The molecule has 2 aliphatic heterocycles. The van der Waals surface area contributed by atoms with E-state index in [0.29, 0.717) is 6.04 Å². The number of ether oxygens (including phenoxy) is 1. The van der Waals surface area contributed by atoms with Gasteiger partial charge in [0, 0.05) is 43.5 Å². The van der Waals surface area contributed by atoms with Crippen molar-refractivity contribution >= 4 is 5.82 Å². The Morgan fingerprint density at radius 3 is 2.61 bits per heavy atom. The van der Waals surface area contributed by atoms with Gasteiger partial charge in [-0.3, -0.25) is 0 Å². The summed E-state index contributed by atoms with van der Waals surface area (Å²) < 4.78 is 5.46. The minimum absolute atomic E-state index is 0.655. The van der Waals surface area contributed by atoms with Crippen molar-refractivity contribution in [2.24, 2.45) is 0 Å². The van der Waals surface area contributed by atoms with Crippen molar-refractivity contribution in [3.63, 3.8) is 0 Å². The van der Waals surface area contributed by atoms with Gasteiger partial charge in [0.15, 0.2) is 0 Å². The number of nitrogens with one attached hydrogen (secondary N) is 1. The molecule has 1 saturated carbocycles. The quantitative estimate of drug-likeness (QED) is 0.894. The number of pyridine rings is 1. The van der Waals surface area contributed by atoms with E-state index in [9.17, 15) is 0 Å². The lowest BCUT2D eigenvalue weighted by Gasteiger charge is -2.33. The van der Waals surface area contributed by atoms with E-state index in [2.05, 4.69) is 32.2 Å². The molecule has 2 saturated heterocycles. The van der Waals surface area contributed by atoms with E-state index in [1.807, 2.05) is 6.20 Å². The van der Waals surface area contributed by atoms with Gasteiger partial charge < -0.3 is 19.9 Å². The predicted molar refractivity (Wildman–Crippen MR) is 91.7 cm³/mol. The zero-order valence-corrected chi connectivity index (χ0v) is 13.9. The van der Waals surface area contributed by atoms with Crippen molar-refractivity contribution in [3.8, 4) is 0 Å². The van der Waals surface area contributed by atoms with Crippen molar-refractivity contribution in [3.05, 3.63) is 23.9 Å². The molecule has 1 aromatic rings. The summed E-state index contributed by atoms with van der Waals surface area (Å²) in [5.41, 5.74) is 1.32. The average molecular weight is 316 g/mol. The summed E-state index contributed by atoms with van der Waals surface area (Å²) in [6.45, 7) is 6.98. The van der Waals surface area contributed by atoms with Gasteiger partial charge >= 0.3 is 0 Å². The maximum atomic E-state index is 5.46. The van der Waals surface area contributed by atoms with E-state index in [4.69, 9.17) is 4.74 Å². The van der Waals surface area contributed by atoms with Gasteiger partial charge in [-0.2, -0.15) is 0 Å². The largest absolute Gasteiger partial charge is 0.378 e. The normalized spacial score (nSPS) is 24.1. The molecule has 0 amide bonds. The number of morpholine rings is 1. The van der Waals surface area contributed by atoms with Crippen LogP contribution < -0.4 is 10.2 Å². The molecule has 0 spiro atoms. The lowest BCUT2D eigenvalue weighted by molar-refractivity contribution is 0.122. The van der Waals surface area contributed by atoms with Crippen molar-refractivity contribution in [2.45, 2.75) is 44.3 Å². The van der Waals surface area contributed by atoms with Gasteiger partial charge in [0.2, 0.25) is 0 Å². The molecular weight excluding hydrogens is 288 g/mol. The number of nitrogens with zero attached hydrogens (tertiary/aromatic N) is 3. The number of aromatic nitrogens is 1. The van der Waals surface area contributed by atoms with Crippen LogP contribution in [0.15, 0.2) is 18.3 Å². The number of anilines is 1. The number of hydrogen-bond acceptors (Lipinski definition) is 5. The van der Waals surface area contributed by atoms with Crippen LogP contribution in [-0.4, -0.2) is 61.4 Å². The molecule has 1 aromatic heterocycles. The second-order valence-electron chi connectivity index (χ2n) is 7.01. The Morgan fingerprint density at radius 1 is 1.09 bits per heavy atom. The molecule has 1 N–H and O–H groups in total. The van der Waals surface area contributed by atoms with E-state index in [1.54, 1.807) is 0 Å². The SMILES string of the molecule is c1cnc(N2CCOCC2)c(CNC2CCN(C3CC3)CC2)c1. The fraction of sp³-hybridized carbons (Fsp3) is 0.722. The smallest absolute Gasteiger partial charge is 0.133 e. The van der Waals surface area contributed by atoms with Gasteiger partial charge in [0.25, 0.3) is 0 Å². The molecule has 23 heavy (non-hydrogen) atoms. The maximum Gasteiger partial charge on any atom is 0.133 e. The third-order valence-electron chi connectivity index (χ3n) is 5.35. The second-order valence-corrected chi connectivity index (χ2v) is 7.01. The van der Waals surface area contributed by atoms with Crippen LogP contribution in [0.5, 0.6) is 0 Å². The monoisotopic (exact) mass is 316 g/mol. The molecule has 0 atom stereocenters. The van der Waals surface area contributed by atoms with Gasteiger partial charge in [-0.15, -0.1) is 0 Å². The van der Waals surface area contributed by atoms with Gasteiger partial charge in [-0.05, 0) is 44.8 Å². The molecule has 0 bridgehead atoms. The molecule has 4 rings (SSSR count). The van der Waals surface area contributed by atoms with Crippen LogP contribution >= 0.6 is 0 Å². The summed E-state index contributed by atoms with van der Waals surface area (Å²) >= 11 is 0. The second kappa shape index (κ2) is 7.16. The Hall–Kier alpha value is -1.17. The minimum atomic E-state index is 0.655. The zero-order chi connectivity index (χ0) is 15.5. The molecule has 0 aromatic carbocycles. The zero-order valence-electron chi connectivity index (χ0n) is 13.9. The standard InChI is InChI=1S/C18H28N4O/c1-2-15(18(19-7-1)22-10-12-23-13-11-22)14-20-16-5-8-21(9-6-16)17-3-4-17/h1-2,7,16-17,20H,3-6,8-14H2. The topological polar surface area (TPSA) is 40.6 Å². The minimum Gasteiger partial charge on any atom is -0.378 e. The third-order valence-corrected chi connectivity index (χ3v) is 5.35. The van der Waals surface area contributed by atoms with E-state index in [1.165, 1.54) is 44.3 Å². The lowest BCUT2D eigenvalue weighted by atomic mass is 10.0. The van der Waals surface area contributed by atoms with Crippen LogP contribution in [0, 0.1) is 0 Å². The molecule has 0 radical (unpaired) electrons. The highest BCUT2D eigenvalue weighted by molar-refractivity contribution is 5.47. The van der Waals surface area contributed by atoms with Crippen LogP contribution in [0.4, 0.5) is 5.82 Å². The summed E-state index contributed by atoms with van der Waals surface area (Å²) in [4.78, 5) is 9.67. The number of piperidine rings is 1. The fourth-order valence-corrected chi connectivity index (χ4v) is 3.79. The van der Waals surface area contributed by atoms with Gasteiger partial charge in [-0.1, -0.05) is 6.07 Å². The predicted octanol–water partition coefficient (Wildman–Crippen LogP) is 1.63. The summed E-state index contributed by atoms with van der Waals surface area (Å²) in [5, 5.41) is 3.77. The van der Waals surface area contributed by atoms with Crippen LogP contribution in [-0.2, 0) is 11.3 Å². The first-order chi connectivity index (χ1) is 11.4. The molecule has 1 aliphatic carbocycles. The maximum absolute atomic E-state index is 5.46. The highest BCUT2D eigenvalue weighted by atomic mass is 16.5. The van der Waals surface area contributed by atoms with Crippen molar-refractivity contribution in [2.75, 3.05) is 44.3 Å². The molecule has 3 heterocycles. The van der Waals surface area contributed by atoms with E-state index in [0.717, 1.165) is 44.7 Å². The summed E-state index contributed by atoms with van der Waals surface area (Å²) in [7, 11) is 0. The first-order valence-corrected chi connectivity index (χ1v) is 9.14. The van der Waals surface area contributed by atoms with Crippen LogP contribution in [0.3, 0.4) is 0 Å². The van der Waals surface area contributed by atoms with Crippen molar-refractivity contribution < 1.29 is 4.74 Å². The fourth-order valence-electron chi connectivity index (χ4n) is 3.79. The number of hydrogen-bond donors (Lipinski definition) is 1. The number of rotatable bonds is 5. The highest BCUT2D eigenvalue weighted by Gasteiger charge is 2.31. The molecule has 126 valence electrons. The van der Waals surface area contributed by atoms with E-state index in [-0.39, 0.29) is 0 Å². The van der Waals surface area contributed by atoms with Crippen LogP contribution in [0.25, 0.3) is 0 Å². The van der Waals surface area contributed by atoms with Crippen molar-refractivity contribution in [1.82, 2.24) is 15.2 Å². The number of likely N-dealkylation sites (tertiary alicyclic amines) is 1. The molecule has 3 fully saturated rings. The Labute approximate surface area is 139 Å². The molecule has 0 unspecified atom stereocenters. The summed E-state index contributed by atoms with van der Waals surface area (Å²) in [5.74, 6) is 1.14. The highest BCUT2D eigenvalue weighted by Crippen LogP contribution is 2.29. The lowest BCUT2D eigenvalue weighted by Crippen LogP contribution is -2.43. The molecular formula is C18H28N4O. The van der Waals surface area contributed by atoms with Crippen LogP contribution in [0.2, 0.25) is 0 Å². The first-order valence-electron chi connectivity index (χ1n) is 9.14. The Bertz CT molecular complexity index is 505. The first kappa shape index (κ1) is 15.4. The van der Waals surface area contributed by atoms with Gasteiger partial charge in [-0.25, -0.2) is 4.98 Å². The van der Waals surface area contributed by atoms with Gasteiger partial charge in [0.05, 0.1) is 13.2 Å². The Morgan fingerprint density at radius 2 is 1.87 bits per heavy atom. The molecule has 5 nitrogen and oxygen atoms in total. The Balaban J connectivity index is 1.32. The molecule has 3 aliphatic rings. The average Bonchev–Trinajstić information content (AvgIpc) is 3.47. The van der Waals surface area contributed by atoms with Crippen molar-refractivity contribution in [1.29, 1.82) is 0 Å². The Kier molecular flexibility index (Phi) is 4.78.